The molecule has 0 heterocycles. The van der Waals surface area contributed by atoms with Gasteiger partial charge in [0.1, 0.15) is 5.17 Å². The van der Waals surface area contributed by atoms with E-state index in [1.54, 1.807) is 0 Å². The zero-order valence-corrected chi connectivity index (χ0v) is 8.23. The number of hydrogen-bond donors (Lipinski definition) is 0. The fraction of sp³-hybridized carbons (Fsp3) is 0.667. The van der Waals surface area contributed by atoms with E-state index in [2.05, 4.69) is 25.8 Å². The van der Waals surface area contributed by atoms with Crippen LogP contribution >= 0.6 is 11.6 Å². The minimum Gasteiger partial charge on any atom is -0.270 e. The lowest BCUT2D eigenvalue weighted by molar-refractivity contribution is 0.719. The van der Waals surface area contributed by atoms with Gasteiger partial charge in [0.25, 0.3) is 0 Å². The molecule has 0 spiro atoms. The molecule has 11 heavy (non-hydrogen) atoms. The SMILES string of the molecule is CC/C=C/C(Cl)=NC(C)CC. The van der Waals surface area contributed by atoms with Gasteiger partial charge in [-0.2, -0.15) is 0 Å². The zero-order valence-electron chi connectivity index (χ0n) is 7.47. The molecule has 0 bridgehead atoms. The van der Waals surface area contributed by atoms with Crippen molar-refractivity contribution in [3.63, 3.8) is 0 Å². The highest BCUT2D eigenvalue weighted by molar-refractivity contribution is 6.68. The molecule has 1 atom stereocenters. The summed E-state index contributed by atoms with van der Waals surface area (Å²) >= 11 is 5.80. The van der Waals surface area contributed by atoms with Crippen LogP contribution in [0.2, 0.25) is 0 Å². The summed E-state index contributed by atoms with van der Waals surface area (Å²) in [7, 11) is 0. The molecule has 0 saturated heterocycles. The molecule has 0 N–H and O–H groups in total. The van der Waals surface area contributed by atoms with Crippen LogP contribution in [0.3, 0.4) is 0 Å². The van der Waals surface area contributed by atoms with Crippen LogP contribution in [0, 0.1) is 0 Å². The fourth-order valence-electron chi connectivity index (χ4n) is 0.560. The van der Waals surface area contributed by atoms with Crippen LogP contribution in [0.1, 0.15) is 33.6 Å². The number of nitrogens with zero attached hydrogens (tertiary/aromatic N) is 1. The van der Waals surface area contributed by atoms with Gasteiger partial charge in [0.15, 0.2) is 0 Å². The van der Waals surface area contributed by atoms with E-state index >= 15 is 0 Å². The Morgan fingerprint density at radius 1 is 1.55 bits per heavy atom. The Bertz CT molecular complexity index is 150. The largest absolute Gasteiger partial charge is 0.270 e. The van der Waals surface area contributed by atoms with Crippen LogP contribution in [0.4, 0.5) is 0 Å². The first-order valence-electron chi connectivity index (χ1n) is 4.10. The van der Waals surface area contributed by atoms with Crippen molar-refractivity contribution in [2.24, 2.45) is 4.99 Å². The minimum atomic E-state index is 0.337. The molecule has 0 aliphatic carbocycles. The van der Waals surface area contributed by atoms with Gasteiger partial charge >= 0.3 is 0 Å². The van der Waals surface area contributed by atoms with Crippen LogP contribution < -0.4 is 0 Å². The summed E-state index contributed by atoms with van der Waals surface area (Å²) < 4.78 is 0. The molecule has 64 valence electrons. The second-order valence-corrected chi connectivity index (χ2v) is 2.91. The van der Waals surface area contributed by atoms with E-state index in [-0.39, 0.29) is 0 Å². The van der Waals surface area contributed by atoms with Gasteiger partial charge < -0.3 is 0 Å². The summed E-state index contributed by atoms with van der Waals surface area (Å²) in [6.45, 7) is 6.23. The monoisotopic (exact) mass is 173 g/mol. The second-order valence-electron chi connectivity index (χ2n) is 2.52. The Balaban J connectivity index is 3.89. The predicted octanol–water partition coefficient (Wildman–Crippen LogP) is 3.39. The lowest BCUT2D eigenvalue weighted by atomic mass is 10.3. The van der Waals surface area contributed by atoms with Crippen LogP contribution in [-0.4, -0.2) is 11.2 Å². The van der Waals surface area contributed by atoms with Gasteiger partial charge in [0, 0.05) is 6.04 Å². The lowest BCUT2D eigenvalue weighted by Crippen LogP contribution is -1.96. The maximum atomic E-state index is 5.80. The van der Waals surface area contributed by atoms with E-state index < -0.39 is 0 Å². The zero-order chi connectivity index (χ0) is 8.69. The smallest absolute Gasteiger partial charge is 0.123 e. The molecule has 1 unspecified atom stereocenters. The van der Waals surface area contributed by atoms with E-state index in [4.69, 9.17) is 11.6 Å². The molecule has 0 aliphatic rings. The molecule has 0 aliphatic heterocycles. The third kappa shape index (κ3) is 6.11. The molecule has 2 heteroatoms. The third-order valence-corrected chi connectivity index (χ3v) is 1.65. The first-order valence-corrected chi connectivity index (χ1v) is 4.48. The van der Waals surface area contributed by atoms with Crippen LogP contribution in [0.25, 0.3) is 0 Å². The predicted molar refractivity (Wildman–Crippen MR) is 52.5 cm³/mol. The normalized spacial score (nSPS) is 15.8. The Hall–Kier alpha value is -0.300. The van der Waals surface area contributed by atoms with E-state index in [1.807, 2.05) is 12.2 Å². The Morgan fingerprint density at radius 3 is 2.64 bits per heavy atom. The quantitative estimate of drug-likeness (QED) is 0.578. The van der Waals surface area contributed by atoms with Crippen LogP contribution in [0.15, 0.2) is 17.1 Å². The van der Waals surface area contributed by atoms with Gasteiger partial charge in [0.05, 0.1) is 0 Å². The van der Waals surface area contributed by atoms with Crippen molar-refractivity contribution in [1.82, 2.24) is 0 Å². The van der Waals surface area contributed by atoms with Crippen molar-refractivity contribution >= 4 is 16.8 Å². The maximum absolute atomic E-state index is 5.80. The molecular weight excluding hydrogens is 158 g/mol. The van der Waals surface area contributed by atoms with Gasteiger partial charge in [-0.25, -0.2) is 0 Å². The standard InChI is InChI=1S/C9H16ClN/c1-4-6-7-9(10)11-8(3)5-2/h6-8H,4-5H2,1-3H3/b7-6+,11-9?. The lowest BCUT2D eigenvalue weighted by Gasteiger charge is -1.99. The van der Waals surface area contributed by atoms with E-state index in [0.717, 1.165) is 12.8 Å². The molecular formula is C9H16ClN. The van der Waals surface area contributed by atoms with Crippen molar-refractivity contribution in [3.8, 4) is 0 Å². The highest BCUT2D eigenvalue weighted by atomic mass is 35.5. The molecule has 0 radical (unpaired) electrons. The molecule has 0 amide bonds. The molecule has 0 aromatic carbocycles. The summed E-state index contributed by atoms with van der Waals surface area (Å²) in [6.07, 6.45) is 5.91. The topological polar surface area (TPSA) is 12.4 Å². The molecule has 0 aromatic heterocycles. The molecule has 1 nitrogen and oxygen atoms in total. The van der Waals surface area contributed by atoms with Crippen molar-refractivity contribution in [2.45, 2.75) is 39.7 Å². The number of aliphatic imine (C=N–C) groups is 1. The average molecular weight is 174 g/mol. The summed E-state index contributed by atoms with van der Waals surface area (Å²) in [5, 5.41) is 0.612. The summed E-state index contributed by atoms with van der Waals surface area (Å²) in [5.41, 5.74) is 0. The van der Waals surface area contributed by atoms with E-state index in [9.17, 15) is 0 Å². The van der Waals surface area contributed by atoms with Crippen LogP contribution in [0.5, 0.6) is 0 Å². The summed E-state index contributed by atoms with van der Waals surface area (Å²) in [6, 6.07) is 0.337. The summed E-state index contributed by atoms with van der Waals surface area (Å²) in [4.78, 5) is 4.23. The van der Waals surface area contributed by atoms with Gasteiger partial charge in [-0.1, -0.05) is 31.5 Å². The van der Waals surface area contributed by atoms with Crippen molar-refractivity contribution in [2.75, 3.05) is 0 Å². The number of hydrogen-bond acceptors (Lipinski definition) is 1. The Labute approximate surface area is 74.2 Å². The maximum Gasteiger partial charge on any atom is 0.123 e. The van der Waals surface area contributed by atoms with Gasteiger partial charge in [0.2, 0.25) is 0 Å². The number of halogens is 1. The van der Waals surface area contributed by atoms with Crippen molar-refractivity contribution < 1.29 is 0 Å². The Morgan fingerprint density at radius 2 is 2.18 bits per heavy atom. The summed E-state index contributed by atoms with van der Waals surface area (Å²) in [5.74, 6) is 0. The third-order valence-electron chi connectivity index (χ3n) is 1.43. The van der Waals surface area contributed by atoms with Gasteiger partial charge in [-0.3, -0.25) is 4.99 Å². The van der Waals surface area contributed by atoms with Crippen molar-refractivity contribution in [1.29, 1.82) is 0 Å². The first kappa shape index (κ1) is 10.7. The fourth-order valence-corrected chi connectivity index (χ4v) is 0.816. The van der Waals surface area contributed by atoms with E-state index in [1.165, 1.54) is 0 Å². The highest BCUT2D eigenvalue weighted by Gasteiger charge is 1.93. The molecule has 0 rings (SSSR count). The minimum absolute atomic E-state index is 0.337. The van der Waals surface area contributed by atoms with Crippen LogP contribution in [-0.2, 0) is 0 Å². The van der Waals surface area contributed by atoms with E-state index in [0.29, 0.717) is 11.2 Å². The number of allylic oxidation sites excluding steroid dienone is 2. The number of rotatable bonds is 4. The Kier molecular flexibility index (Phi) is 6.24. The highest BCUT2D eigenvalue weighted by Crippen LogP contribution is 1.99. The average Bonchev–Trinajstić information content (AvgIpc) is 2.00. The molecule has 0 saturated carbocycles. The van der Waals surface area contributed by atoms with Gasteiger partial charge in [-0.05, 0) is 25.8 Å². The molecule has 0 fully saturated rings. The first-order chi connectivity index (χ1) is 5.20. The van der Waals surface area contributed by atoms with Crippen molar-refractivity contribution in [3.05, 3.63) is 12.2 Å². The molecule has 0 aromatic rings. The van der Waals surface area contributed by atoms with Gasteiger partial charge in [-0.15, -0.1) is 0 Å². The second kappa shape index (κ2) is 6.41.